The highest BCUT2D eigenvalue weighted by molar-refractivity contribution is 9.10. The molecule has 1 aromatic carbocycles. The summed E-state index contributed by atoms with van der Waals surface area (Å²) in [5.74, 6) is 0. The normalized spacial score (nSPS) is 16.9. The molecule has 0 unspecified atom stereocenters. The van der Waals surface area contributed by atoms with Crippen molar-refractivity contribution in [2.24, 2.45) is 0 Å². The number of nitrogens with two attached hydrogens (primary N) is 1. The van der Waals surface area contributed by atoms with Gasteiger partial charge in [-0.3, -0.25) is 4.90 Å². The number of nitrogens with zero attached hydrogens (tertiary/aromatic N) is 1. The van der Waals surface area contributed by atoms with Gasteiger partial charge < -0.3 is 5.73 Å². The van der Waals surface area contributed by atoms with Crippen molar-refractivity contribution in [3.63, 3.8) is 0 Å². The Morgan fingerprint density at radius 2 is 2.06 bits per heavy atom. The molecule has 0 atom stereocenters. The van der Waals surface area contributed by atoms with Gasteiger partial charge in [0.2, 0.25) is 0 Å². The minimum atomic E-state index is 0.767. The Bertz CT molecular complexity index is 372. The molecule has 1 aromatic rings. The first-order chi connectivity index (χ1) is 8.20. The Kier molecular flexibility index (Phi) is 4.46. The molecule has 3 heteroatoms. The molecular formula is C14H21BrN2. The summed E-state index contributed by atoms with van der Waals surface area (Å²) in [4.78, 5) is 2.56. The lowest BCUT2D eigenvalue weighted by atomic mass is 10.1. The van der Waals surface area contributed by atoms with E-state index < -0.39 is 0 Å². The van der Waals surface area contributed by atoms with Crippen LogP contribution in [0.5, 0.6) is 0 Å². The van der Waals surface area contributed by atoms with Crippen LogP contribution in [0.4, 0.5) is 5.69 Å². The zero-order chi connectivity index (χ0) is 12.3. The predicted molar refractivity (Wildman–Crippen MR) is 76.9 cm³/mol. The highest BCUT2D eigenvalue weighted by atomic mass is 79.9. The number of hydrogen-bond donors (Lipinski definition) is 1. The predicted octanol–water partition coefficient (Wildman–Crippen LogP) is 3.80. The molecule has 0 aromatic heterocycles. The van der Waals surface area contributed by atoms with Gasteiger partial charge in [0.1, 0.15) is 0 Å². The molecule has 0 bridgehead atoms. The topological polar surface area (TPSA) is 29.3 Å². The van der Waals surface area contributed by atoms with Crippen molar-refractivity contribution < 1.29 is 0 Å². The minimum absolute atomic E-state index is 0.767. The zero-order valence-electron chi connectivity index (χ0n) is 10.5. The fraction of sp³-hybridized carbons (Fsp3) is 0.571. The Morgan fingerprint density at radius 3 is 2.65 bits per heavy atom. The smallest absolute Gasteiger partial charge is 0.0371 e. The van der Waals surface area contributed by atoms with Gasteiger partial charge in [-0.15, -0.1) is 0 Å². The lowest BCUT2D eigenvalue weighted by Crippen LogP contribution is -2.32. The van der Waals surface area contributed by atoms with Crippen LogP contribution in [0.3, 0.4) is 0 Å². The number of benzene rings is 1. The summed E-state index contributed by atoms with van der Waals surface area (Å²) < 4.78 is 1.06. The number of anilines is 1. The molecule has 0 amide bonds. The Morgan fingerprint density at radius 1 is 1.35 bits per heavy atom. The average molecular weight is 297 g/mol. The molecule has 0 heterocycles. The molecule has 1 aliphatic carbocycles. The van der Waals surface area contributed by atoms with E-state index in [1.165, 1.54) is 31.2 Å². The van der Waals surface area contributed by atoms with Crippen molar-refractivity contribution in [1.82, 2.24) is 4.90 Å². The first-order valence-corrected chi connectivity index (χ1v) is 7.28. The number of nitrogen functional groups attached to an aromatic ring is 1. The number of hydrogen-bond acceptors (Lipinski definition) is 2. The third-order valence-electron chi connectivity index (χ3n) is 3.73. The lowest BCUT2D eigenvalue weighted by Gasteiger charge is -2.28. The summed E-state index contributed by atoms with van der Waals surface area (Å²) in [6.07, 6.45) is 5.47. The van der Waals surface area contributed by atoms with Crippen LogP contribution in [-0.4, -0.2) is 17.5 Å². The van der Waals surface area contributed by atoms with Crippen LogP contribution >= 0.6 is 15.9 Å². The van der Waals surface area contributed by atoms with E-state index in [2.05, 4.69) is 39.9 Å². The van der Waals surface area contributed by atoms with Crippen LogP contribution < -0.4 is 5.73 Å². The van der Waals surface area contributed by atoms with E-state index in [1.807, 2.05) is 6.07 Å². The molecular weight excluding hydrogens is 276 g/mol. The molecule has 0 radical (unpaired) electrons. The second-order valence-corrected chi connectivity index (χ2v) is 5.76. The minimum Gasteiger partial charge on any atom is -0.398 e. The largest absolute Gasteiger partial charge is 0.398 e. The summed E-state index contributed by atoms with van der Waals surface area (Å²) in [6.45, 7) is 4.34. The maximum absolute atomic E-state index is 6.07. The molecule has 1 fully saturated rings. The van der Waals surface area contributed by atoms with Crippen LogP contribution in [0.1, 0.15) is 38.2 Å². The van der Waals surface area contributed by atoms with Gasteiger partial charge in [0.15, 0.2) is 0 Å². The van der Waals surface area contributed by atoms with E-state index in [0.717, 1.165) is 29.3 Å². The standard InChI is InChI=1S/C14H21BrN2/c1-2-17(13-5-3-4-6-13)10-11-7-8-12(15)9-14(11)16/h7-9,13H,2-6,10,16H2,1H3. The molecule has 0 aliphatic heterocycles. The van der Waals surface area contributed by atoms with Gasteiger partial charge in [-0.25, -0.2) is 0 Å². The monoisotopic (exact) mass is 296 g/mol. The Labute approximate surface area is 112 Å². The van der Waals surface area contributed by atoms with Gasteiger partial charge in [-0.2, -0.15) is 0 Å². The van der Waals surface area contributed by atoms with Crippen molar-refractivity contribution in [3.8, 4) is 0 Å². The number of halogens is 1. The summed E-state index contributed by atoms with van der Waals surface area (Å²) in [7, 11) is 0. The van der Waals surface area contributed by atoms with Gasteiger partial charge in [0.25, 0.3) is 0 Å². The van der Waals surface area contributed by atoms with E-state index >= 15 is 0 Å². The summed E-state index contributed by atoms with van der Waals surface area (Å²) in [5.41, 5.74) is 8.22. The summed E-state index contributed by atoms with van der Waals surface area (Å²) in [5, 5.41) is 0. The van der Waals surface area contributed by atoms with E-state index in [0.29, 0.717) is 0 Å². The van der Waals surface area contributed by atoms with E-state index in [4.69, 9.17) is 5.73 Å². The van der Waals surface area contributed by atoms with Crippen LogP contribution in [0, 0.1) is 0 Å². The van der Waals surface area contributed by atoms with Crippen molar-refractivity contribution in [2.75, 3.05) is 12.3 Å². The van der Waals surface area contributed by atoms with Gasteiger partial charge in [-0.05, 0) is 37.1 Å². The molecule has 2 N–H and O–H groups in total. The van der Waals surface area contributed by atoms with Crippen molar-refractivity contribution in [1.29, 1.82) is 0 Å². The SMILES string of the molecule is CCN(Cc1ccc(Br)cc1N)C1CCCC1. The summed E-state index contributed by atoms with van der Waals surface area (Å²) in [6, 6.07) is 6.98. The number of rotatable bonds is 4. The maximum Gasteiger partial charge on any atom is 0.0371 e. The molecule has 17 heavy (non-hydrogen) atoms. The molecule has 1 aliphatic rings. The second kappa shape index (κ2) is 5.87. The van der Waals surface area contributed by atoms with Crippen molar-refractivity contribution in [2.45, 2.75) is 45.2 Å². The van der Waals surface area contributed by atoms with Gasteiger partial charge in [0, 0.05) is 22.7 Å². The fourth-order valence-electron chi connectivity index (χ4n) is 2.70. The molecule has 1 saturated carbocycles. The van der Waals surface area contributed by atoms with Crippen LogP contribution in [0.2, 0.25) is 0 Å². The third-order valence-corrected chi connectivity index (χ3v) is 4.22. The van der Waals surface area contributed by atoms with E-state index in [9.17, 15) is 0 Å². The second-order valence-electron chi connectivity index (χ2n) is 4.84. The van der Waals surface area contributed by atoms with Crippen molar-refractivity contribution >= 4 is 21.6 Å². The van der Waals surface area contributed by atoms with Crippen molar-refractivity contribution in [3.05, 3.63) is 28.2 Å². The molecule has 0 saturated heterocycles. The van der Waals surface area contributed by atoms with Gasteiger partial charge in [0.05, 0.1) is 0 Å². The molecule has 2 rings (SSSR count). The zero-order valence-corrected chi connectivity index (χ0v) is 12.0. The first kappa shape index (κ1) is 12.9. The van der Waals surface area contributed by atoms with Crippen LogP contribution in [0.25, 0.3) is 0 Å². The third kappa shape index (κ3) is 3.23. The van der Waals surface area contributed by atoms with Crippen LogP contribution in [-0.2, 0) is 6.54 Å². The Hall–Kier alpha value is -0.540. The average Bonchev–Trinajstić information content (AvgIpc) is 2.81. The fourth-order valence-corrected chi connectivity index (χ4v) is 3.08. The molecule has 0 spiro atoms. The molecule has 2 nitrogen and oxygen atoms in total. The highest BCUT2D eigenvalue weighted by Crippen LogP contribution is 2.26. The first-order valence-electron chi connectivity index (χ1n) is 6.48. The van der Waals surface area contributed by atoms with Crippen LogP contribution in [0.15, 0.2) is 22.7 Å². The summed E-state index contributed by atoms with van der Waals surface area (Å²) >= 11 is 3.45. The Balaban J connectivity index is 2.06. The van der Waals surface area contributed by atoms with Gasteiger partial charge in [-0.1, -0.05) is 41.8 Å². The van der Waals surface area contributed by atoms with E-state index in [-0.39, 0.29) is 0 Å². The lowest BCUT2D eigenvalue weighted by molar-refractivity contribution is 0.200. The quantitative estimate of drug-likeness (QED) is 0.857. The maximum atomic E-state index is 6.07. The van der Waals surface area contributed by atoms with E-state index in [1.54, 1.807) is 0 Å². The molecule has 94 valence electrons. The highest BCUT2D eigenvalue weighted by Gasteiger charge is 2.21. The van der Waals surface area contributed by atoms with Gasteiger partial charge >= 0.3 is 0 Å².